The van der Waals surface area contributed by atoms with Crippen molar-refractivity contribution in [3.8, 4) is 0 Å². The quantitative estimate of drug-likeness (QED) is 0.863. The second-order valence-corrected chi connectivity index (χ2v) is 4.54. The minimum absolute atomic E-state index is 0.100. The molecule has 0 saturated carbocycles. The molecule has 0 saturated heterocycles. The summed E-state index contributed by atoms with van der Waals surface area (Å²) in [6.45, 7) is 4.57. The van der Waals surface area contributed by atoms with Crippen molar-refractivity contribution in [3.63, 3.8) is 0 Å². The summed E-state index contributed by atoms with van der Waals surface area (Å²) in [5.74, 6) is -2.31. The minimum Gasteiger partial charge on any atom is -0.481 e. The Labute approximate surface area is 92.9 Å². The maximum Gasteiger partial charge on any atom is 0.309 e. The van der Waals surface area contributed by atoms with E-state index in [9.17, 15) is 13.6 Å². The number of rotatable bonds is 3. The highest BCUT2D eigenvalue weighted by atomic mass is 19.1. The Balaban J connectivity index is 3.11. The van der Waals surface area contributed by atoms with E-state index in [2.05, 4.69) is 0 Å². The monoisotopic (exact) mass is 228 g/mol. The van der Waals surface area contributed by atoms with Gasteiger partial charge in [0.15, 0.2) is 0 Å². The molecule has 0 heterocycles. The molecule has 0 amide bonds. The highest BCUT2D eigenvalue weighted by Crippen LogP contribution is 2.25. The van der Waals surface area contributed by atoms with Gasteiger partial charge in [0, 0.05) is 6.07 Å². The number of carboxylic acids is 1. The van der Waals surface area contributed by atoms with Crippen molar-refractivity contribution in [3.05, 3.63) is 34.9 Å². The summed E-state index contributed by atoms with van der Waals surface area (Å²) in [5.41, 5.74) is -0.342. The van der Waals surface area contributed by atoms with Crippen molar-refractivity contribution < 1.29 is 18.7 Å². The van der Waals surface area contributed by atoms with Crippen LogP contribution in [-0.2, 0) is 11.2 Å². The molecule has 16 heavy (non-hydrogen) atoms. The van der Waals surface area contributed by atoms with Gasteiger partial charge in [0.1, 0.15) is 11.6 Å². The molecule has 0 spiro atoms. The molecular weight excluding hydrogens is 214 g/mol. The van der Waals surface area contributed by atoms with Crippen LogP contribution in [0.1, 0.15) is 25.0 Å². The molecule has 1 aromatic carbocycles. The summed E-state index contributed by atoms with van der Waals surface area (Å²) in [7, 11) is 0. The fourth-order valence-electron chi connectivity index (χ4n) is 1.43. The number of benzene rings is 1. The molecule has 0 atom stereocenters. The lowest BCUT2D eigenvalue weighted by Crippen LogP contribution is -2.26. The normalized spacial score (nSPS) is 11.6. The summed E-state index contributed by atoms with van der Waals surface area (Å²) in [5, 5.41) is 8.94. The third-order valence-electron chi connectivity index (χ3n) is 2.63. The van der Waals surface area contributed by atoms with Gasteiger partial charge >= 0.3 is 5.97 Å². The first-order chi connectivity index (χ1) is 7.24. The van der Waals surface area contributed by atoms with Gasteiger partial charge in [-0.1, -0.05) is 0 Å². The number of carbonyl (C=O) groups is 1. The molecule has 1 aromatic rings. The van der Waals surface area contributed by atoms with Gasteiger partial charge in [-0.3, -0.25) is 4.79 Å². The van der Waals surface area contributed by atoms with E-state index in [4.69, 9.17) is 5.11 Å². The van der Waals surface area contributed by atoms with Gasteiger partial charge in [-0.2, -0.15) is 0 Å². The average Bonchev–Trinajstić information content (AvgIpc) is 2.12. The molecule has 0 aliphatic heterocycles. The number of halogens is 2. The fourth-order valence-corrected chi connectivity index (χ4v) is 1.43. The summed E-state index contributed by atoms with van der Waals surface area (Å²) < 4.78 is 26.2. The van der Waals surface area contributed by atoms with Crippen LogP contribution < -0.4 is 0 Å². The van der Waals surface area contributed by atoms with Crippen molar-refractivity contribution in [1.29, 1.82) is 0 Å². The van der Waals surface area contributed by atoms with Gasteiger partial charge in [-0.05, 0) is 44.4 Å². The Bertz CT molecular complexity index is 425. The smallest absolute Gasteiger partial charge is 0.309 e. The van der Waals surface area contributed by atoms with E-state index in [1.807, 2.05) is 0 Å². The molecule has 2 nitrogen and oxygen atoms in total. The molecule has 0 aliphatic carbocycles. The number of carboxylic acid groups (broad SMARTS) is 1. The average molecular weight is 228 g/mol. The maximum atomic E-state index is 13.2. The van der Waals surface area contributed by atoms with Crippen LogP contribution in [-0.4, -0.2) is 11.1 Å². The zero-order valence-corrected chi connectivity index (χ0v) is 9.47. The molecule has 4 heteroatoms. The fraction of sp³-hybridized carbons (Fsp3) is 0.417. The Morgan fingerprint density at radius 2 is 1.94 bits per heavy atom. The van der Waals surface area contributed by atoms with Crippen LogP contribution in [0.5, 0.6) is 0 Å². The number of aliphatic carboxylic acids is 1. The van der Waals surface area contributed by atoms with Crippen LogP contribution in [0.3, 0.4) is 0 Å². The van der Waals surface area contributed by atoms with Crippen LogP contribution in [0.15, 0.2) is 12.1 Å². The van der Waals surface area contributed by atoms with Gasteiger partial charge < -0.3 is 5.11 Å². The molecule has 0 fully saturated rings. The van der Waals surface area contributed by atoms with Crippen molar-refractivity contribution in [2.24, 2.45) is 5.41 Å². The first-order valence-corrected chi connectivity index (χ1v) is 4.92. The highest BCUT2D eigenvalue weighted by Gasteiger charge is 2.28. The lowest BCUT2D eigenvalue weighted by molar-refractivity contribution is -0.146. The largest absolute Gasteiger partial charge is 0.481 e. The second kappa shape index (κ2) is 4.20. The zero-order valence-electron chi connectivity index (χ0n) is 9.47. The topological polar surface area (TPSA) is 37.3 Å². The molecule has 1 rings (SSSR count). The summed E-state index contributed by atoms with van der Waals surface area (Å²) >= 11 is 0. The summed E-state index contributed by atoms with van der Waals surface area (Å²) in [6, 6.07) is 1.98. The summed E-state index contributed by atoms with van der Waals surface area (Å²) in [6.07, 6.45) is 0.100. The Kier molecular flexibility index (Phi) is 3.31. The van der Waals surface area contributed by atoms with Crippen LogP contribution in [0.2, 0.25) is 0 Å². The number of hydrogen-bond acceptors (Lipinski definition) is 1. The Morgan fingerprint density at radius 3 is 2.44 bits per heavy atom. The van der Waals surface area contributed by atoms with Crippen LogP contribution >= 0.6 is 0 Å². The van der Waals surface area contributed by atoms with Crippen molar-refractivity contribution >= 4 is 5.97 Å². The highest BCUT2D eigenvalue weighted by molar-refractivity contribution is 5.74. The number of hydrogen-bond donors (Lipinski definition) is 1. The van der Waals surface area contributed by atoms with Crippen molar-refractivity contribution in [2.45, 2.75) is 27.2 Å². The third kappa shape index (κ3) is 2.56. The van der Waals surface area contributed by atoms with E-state index in [-0.39, 0.29) is 6.42 Å². The maximum absolute atomic E-state index is 13.2. The SMILES string of the molecule is Cc1c(F)cc(F)cc1CC(C)(C)C(=O)O. The molecular formula is C12H14F2O2. The zero-order chi connectivity index (χ0) is 12.5. The van der Waals surface area contributed by atoms with Gasteiger partial charge in [0.25, 0.3) is 0 Å². The van der Waals surface area contributed by atoms with Crippen molar-refractivity contribution in [2.75, 3.05) is 0 Å². The predicted molar refractivity (Wildman–Crippen MR) is 56.2 cm³/mol. The van der Waals surface area contributed by atoms with Gasteiger partial charge in [0.05, 0.1) is 5.41 Å². The standard InChI is InChI=1S/C12H14F2O2/c1-7-8(4-9(13)5-10(7)14)6-12(2,3)11(15)16/h4-5H,6H2,1-3H3,(H,15,16). The first kappa shape index (κ1) is 12.6. The lowest BCUT2D eigenvalue weighted by Gasteiger charge is -2.20. The van der Waals surface area contributed by atoms with E-state index in [1.54, 1.807) is 0 Å². The molecule has 1 N–H and O–H groups in total. The minimum atomic E-state index is -1.04. The van der Waals surface area contributed by atoms with Crippen LogP contribution in [0.4, 0.5) is 8.78 Å². The molecule has 88 valence electrons. The van der Waals surface area contributed by atoms with E-state index in [0.717, 1.165) is 6.07 Å². The van der Waals surface area contributed by atoms with E-state index >= 15 is 0 Å². The Hall–Kier alpha value is -1.45. The molecule has 0 radical (unpaired) electrons. The van der Waals surface area contributed by atoms with Crippen LogP contribution in [0.25, 0.3) is 0 Å². The molecule has 0 bridgehead atoms. The van der Waals surface area contributed by atoms with Crippen molar-refractivity contribution in [1.82, 2.24) is 0 Å². The van der Waals surface area contributed by atoms with Gasteiger partial charge in [-0.25, -0.2) is 8.78 Å². The van der Waals surface area contributed by atoms with E-state index in [0.29, 0.717) is 11.1 Å². The Morgan fingerprint density at radius 1 is 1.38 bits per heavy atom. The van der Waals surface area contributed by atoms with E-state index < -0.39 is 23.0 Å². The second-order valence-electron chi connectivity index (χ2n) is 4.54. The third-order valence-corrected chi connectivity index (χ3v) is 2.63. The van der Waals surface area contributed by atoms with E-state index in [1.165, 1.54) is 26.8 Å². The van der Waals surface area contributed by atoms with Crippen LogP contribution in [0, 0.1) is 24.0 Å². The summed E-state index contributed by atoms with van der Waals surface area (Å²) in [4.78, 5) is 10.9. The van der Waals surface area contributed by atoms with Gasteiger partial charge in [-0.15, -0.1) is 0 Å². The van der Waals surface area contributed by atoms with Gasteiger partial charge in [0.2, 0.25) is 0 Å². The first-order valence-electron chi connectivity index (χ1n) is 4.92. The lowest BCUT2D eigenvalue weighted by atomic mass is 9.84. The molecule has 0 unspecified atom stereocenters. The molecule has 0 aromatic heterocycles. The predicted octanol–water partition coefficient (Wildman–Crippen LogP) is 2.93. The molecule has 0 aliphatic rings.